The van der Waals surface area contributed by atoms with Gasteiger partial charge in [-0.25, -0.2) is 4.98 Å². The topological polar surface area (TPSA) is 43.6 Å². The van der Waals surface area contributed by atoms with Crippen LogP contribution in [-0.2, 0) is 22.1 Å². The van der Waals surface area contributed by atoms with Crippen molar-refractivity contribution in [2.24, 2.45) is 0 Å². The number of imidazole rings is 1. The van der Waals surface area contributed by atoms with Crippen LogP contribution in [0.5, 0.6) is 0 Å². The van der Waals surface area contributed by atoms with Crippen LogP contribution < -0.4 is 0 Å². The first-order valence-electron chi connectivity index (χ1n) is 5.71. The number of ether oxygens (including phenoxy) is 1. The number of hydrogen-bond donors (Lipinski definition) is 0. The molecule has 4 nitrogen and oxygen atoms in total. The molecular weight excluding hydrogens is 341 g/mol. The van der Waals surface area contributed by atoms with Crippen LogP contribution in [0, 0.1) is 0 Å². The van der Waals surface area contributed by atoms with Gasteiger partial charge in [-0.05, 0) is 28.9 Å². The number of fused-ring (bicyclic) bond motifs is 1. The van der Waals surface area contributed by atoms with Crippen molar-refractivity contribution in [3.63, 3.8) is 0 Å². The molecule has 2 heterocycles. The summed E-state index contributed by atoms with van der Waals surface area (Å²) >= 11 is 3.02. The molecule has 20 heavy (non-hydrogen) atoms. The maximum atomic E-state index is 12.9. The second-order valence-electron chi connectivity index (χ2n) is 4.01. The lowest BCUT2D eigenvalue weighted by Gasteiger charge is -2.08. The highest BCUT2D eigenvalue weighted by Crippen LogP contribution is 2.34. The Hall–Kier alpha value is -1.57. The van der Waals surface area contributed by atoms with Crippen molar-refractivity contribution >= 4 is 27.5 Å². The van der Waals surface area contributed by atoms with E-state index in [1.165, 1.54) is 16.8 Å². The fourth-order valence-electron chi connectivity index (χ4n) is 1.77. The van der Waals surface area contributed by atoms with Crippen molar-refractivity contribution in [2.75, 3.05) is 6.61 Å². The molecule has 0 aliphatic carbocycles. The van der Waals surface area contributed by atoms with Crippen LogP contribution in [0.1, 0.15) is 18.2 Å². The molecule has 8 heteroatoms. The summed E-state index contributed by atoms with van der Waals surface area (Å²) in [6.45, 7) is 1.87. The first-order valence-corrected chi connectivity index (χ1v) is 6.50. The van der Waals surface area contributed by atoms with Crippen molar-refractivity contribution < 1.29 is 22.7 Å². The number of carbonyl (C=O) groups is 1. The molecule has 0 fully saturated rings. The minimum Gasteiger partial charge on any atom is -0.466 e. The van der Waals surface area contributed by atoms with Gasteiger partial charge in [-0.1, -0.05) is 0 Å². The van der Waals surface area contributed by atoms with E-state index in [4.69, 9.17) is 4.74 Å². The van der Waals surface area contributed by atoms with E-state index in [-0.39, 0.29) is 28.8 Å². The Bertz CT molecular complexity index is 652. The molecule has 2 rings (SSSR count). The number of pyridine rings is 1. The van der Waals surface area contributed by atoms with Crippen LogP contribution in [0.3, 0.4) is 0 Å². The summed E-state index contributed by atoms with van der Waals surface area (Å²) in [6, 6.07) is 0.955. The van der Waals surface area contributed by atoms with Gasteiger partial charge < -0.3 is 9.14 Å². The van der Waals surface area contributed by atoms with Gasteiger partial charge in [0.2, 0.25) is 0 Å². The molecule has 0 saturated heterocycles. The van der Waals surface area contributed by atoms with E-state index in [0.717, 1.165) is 6.07 Å². The van der Waals surface area contributed by atoms with Gasteiger partial charge in [-0.2, -0.15) is 13.2 Å². The Labute approximate surface area is 120 Å². The highest BCUT2D eigenvalue weighted by atomic mass is 79.9. The molecule has 2 aromatic heterocycles. The Morgan fingerprint density at radius 3 is 2.75 bits per heavy atom. The van der Waals surface area contributed by atoms with Crippen molar-refractivity contribution in [2.45, 2.75) is 19.5 Å². The summed E-state index contributed by atoms with van der Waals surface area (Å²) < 4.78 is 45.0. The van der Waals surface area contributed by atoms with Crippen LogP contribution >= 0.6 is 15.9 Å². The monoisotopic (exact) mass is 350 g/mol. The summed E-state index contributed by atoms with van der Waals surface area (Å²) in [7, 11) is 0. The number of hydrogen-bond acceptors (Lipinski definition) is 3. The number of halogens is 4. The smallest absolute Gasteiger partial charge is 0.420 e. The lowest BCUT2D eigenvalue weighted by Crippen LogP contribution is -2.08. The SMILES string of the molecule is CCOC(=O)Cc1cn2cc(Br)cc(C(F)(F)F)c2n1. The Balaban J connectivity index is 2.45. The minimum atomic E-state index is -4.52. The van der Waals surface area contributed by atoms with Gasteiger partial charge in [0, 0.05) is 16.9 Å². The highest BCUT2D eigenvalue weighted by molar-refractivity contribution is 9.10. The van der Waals surface area contributed by atoms with E-state index < -0.39 is 17.7 Å². The molecule has 0 spiro atoms. The number of aromatic nitrogens is 2. The molecule has 108 valence electrons. The number of alkyl halides is 3. The summed E-state index contributed by atoms with van der Waals surface area (Å²) in [5.41, 5.74) is -0.867. The van der Waals surface area contributed by atoms with Gasteiger partial charge in [-0.15, -0.1) is 0 Å². The molecule has 0 radical (unpaired) electrons. The fourth-order valence-corrected chi connectivity index (χ4v) is 2.22. The van der Waals surface area contributed by atoms with E-state index in [0.29, 0.717) is 0 Å². The molecule has 0 atom stereocenters. The van der Waals surface area contributed by atoms with Crippen molar-refractivity contribution in [3.8, 4) is 0 Å². The molecule has 0 aromatic carbocycles. The van der Waals surface area contributed by atoms with Gasteiger partial charge in [0.05, 0.1) is 24.3 Å². The van der Waals surface area contributed by atoms with Crippen LogP contribution in [-0.4, -0.2) is 22.0 Å². The first-order chi connectivity index (χ1) is 9.31. The molecule has 0 saturated carbocycles. The normalized spacial score (nSPS) is 11.8. The lowest BCUT2D eigenvalue weighted by molar-refractivity contribution is -0.142. The second-order valence-corrected chi connectivity index (χ2v) is 4.93. The van der Waals surface area contributed by atoms with Crippen molar-refractivity contribution in [1.82, 2.24) is 9.38 Å². The zero-order chi connectivity index (χ0) is 14.9. The first kappa shape index (κ1) is 14.8. The third-order valence-corrected chi connectivity index (χ3v) is 2.94. The number of esters is 1. The van der Waals surface area contributed by atoms with Gasteiger partial charge >= 0.3 is 12.1 Å². The van der Waals surface area contributed by atoms with E-state index in [1.54, 1.807) is 6.92 Å². The van der Waals surface area contributed by atoms with Gasteiger partial charge in [0.15, 0.2) is 0 Å². The van der Waals surface area contributed by atoms with E-state index in [2.05, 4.69) is 20.9 Å². The zero-order valence-electron chi connectivity index (χ0n) is 10.4. The van der Waals surface area contributed by atoms with Crippen LogP contribution in [0.2, 0.25) is 0 Å². The second kappa shape index (κ2) is 5.43. The quantitative estimate of drug-likeness (QED) is 0.798. The summed E-state index contributed by atoms with van der Waals surface area (Å²) in [5.74, 6) is -0.525. The van der Waals surface area contributed by atoms with Gasteiger partial charge in [0.25, 0.3) is 0 Å². The summed E-state index contributed by atoms with van der Waals surface area (Å²) in [4.78, 5) is 15.2. The van der Waals surface area contributed by atoms with Gasteiger partial charge in [-0.3, -0.25) is 4.79 Å². The predicted octanol–water partition coefficient (Wildman–Crippen LogP) is 3.22. The maximum Gasteiger partial charge on any atom is 0.420 e. The average Bonchev–Trinajstić information content (AvgIpc) is 2.68. The molecule has 0 amide bonds. The maximum absolute atomic E-state index is 12.9. The highest BCUT2D eigenvalue weighted by Gasteiger charge is 2.34. The molecule has 0 N–H and O–H groups in total. The standard InChI is InChI=1S/C12H10BrF3N2O2/c1-2-20-10(19)4-8-6-18-5-7(13)3-9(11(18)17-8)12(14,15)16/h3,5-6H,2,4H2,1H3. The molecule has 0 aliphatic rings. The molecule has 0 aliphatic heterocycles. The zero-order valence-corrected chi connectivity index (χ0v) is 12.0. The molecule has 0 bridgehead atoms. The Morgan fingerprint density at radius 2 is 2.15 bits per heavy atom. The fraction of sp³-hybridized carbons (Fsp3) is 0.333. The van der Waals surface area contributed by atoms with Crippen LogP contribution in [0.15, 0.2) is 22.9 Å². The number of carbonyl (C=O) groups excluding carboxylic acids is 1. The minimum absolute atomic E-state index is 0.162. The molecule has 2 aromatic rings. The van der Waals surface area contributed by atoms with Gasteiger partial charge in [0.1, 0.15) is 5.65 Å². The third-order valence-electron chi connectivity index (χ3n) is 2.50. The molecular formula is C12H10BrF3N2O2. The lowest BCUT2D eigenvalue weighted by atomic mass is 10.2. The van der Waals surface area contributed by atoms with Crippen molar-refractivity contribution in [3.05, 3.63) is 34.2 Å². The van der Waals surface area contributed by atoms with E-state index in [9.17, 15) is 18.0 Å². The number of nitrogens with zero attached hydrogens (tertiary/aromatic N) is 2. The van der Waals surface area contributed by atoms with Crippen molar-refractivity contribution in [1.29, 1.82) is 0 Å². The molecule has 0 unspecified atom stereocenters. The Kier molecular flexibility index (Phi) is 4.03. The average molecular weight is 351 g/mol. The Morgan fingerprint density at radius 1 is 1.45 bits per heavy atom. The van der Waals surface area contributed by atoms with E-state index in [1.807, 2.05) is 0 Å². The van der Waals surface area contributed by atoms with E-state index >= 15 is 0 Å². The largest absolute Gasteiger partial charge is 0.466 e. The summed E-state index contributed by atoms with van der Waals surface area (Å²) in [5, 5.41) is 0. The van der Waals surface area contributed by atoms with Crippen LogP contribution in [0.25, 0.3) is 5.65 Å². The summed E-state index contributed by atoms with van der Waals surface area (Å²) in [6.07, 6.45) is -1.85. The van der Waals surface area contributed by atoms with Crippen LogP contribution in [0.4, 0.5) is 13.2 Å². The number of rotatable bonds is 3. The predicted molar refractivity (Wildman–Crippen MR) is 68.2 cm³/mol. The third kappa shape index (κ3) is 3.12.